The molecule has 0 aliphatic rings. The Balaban J connectivity index is 2.68. The highest BCUT2D eigenvalue weighted by Gasteiger charge is 2.10. The molecule has 1 heterocycles. The van der Waals surface area contributed by atoms with Gasteiger partial charge in [0, 0.05) is 6.54 Å². The minimum atomic E-state index is 0.291. The van der Waals surface area contributed by atoms with E-state index in [9.17, 15) is 0 Å². The number of pyridine rings is 1. The Morgan fingerprint density at radius 2 is 2.00 bits per heavy atom. The molecular weight excluding hydrogens is 240 g/mol. The lowest BCUT2D eigenvalue weighted by Gasteiger charge is -2.20. The quantitative estimate of drug-likeness (QED) is 0.818. The van der Waals surface area contributed by atoms with Crippen LogP contribution in [0, 0.1) is 12.3 Å². The summed E-state index contributed by atoms with van der Waals surface area (Å²) in [4.78, 5) is 4.33. The van der Waals surface area contributed by atoms with Crippen LogP contribution in [-0.4, -0.2) is 11.5 Å². The molecule has 0 unspecified atom stereocenters. The molecule has 0 radical (unpaired) electrons. The molecule has 0 atom stereocenters. The summed E-state index contributed by atoms with van der Waals surface area (Å²) in [6.45, 7) is 9.60. The van der Waals surface area contributed by atoms with E-state index in [1.54, 1.807) is 0 Å². The first kappa shape index (κ1) is 11.5. The van der Waals surface area contributed by atoms with Crippen LogP contribution >= 0.6 is 15.9 Å². The van der Waals surface area contributed by atoms with Crippen LogP contribution in [0.15, 0.2) is 16.7 Å². The molecule has 0 aliphatic heterocycles. The average Bonchev–Trinajstić information content (AvgIpc) is 2.00. The van der Waals surface area contributed by atoms with Crippen LogP contribution in [0.4, 0.5) is 5.69 Å². The lowest BCUT2D eigenvalue weighted by atomic mass is 9.97. The number of hydrogen-bond donors (Lipinski definition) is 1. The zero-order chi connectivity index (χ0) is 10.8. The summed E-state index contributed by atoms with van der Waals surface area (Å²) in [6, 6.07) is 4.01. The van der Waals surface area contributed by atoms with Crippen molar-refractivity contribution in [3.05, 3.63) is 22.4 Å². The van der Waals surface area contributed by atoms with E-state index in [1.165, 1.54) is 0 Å². The molecule has 1 rings (SSSR count). The van der Waals surface area contributed by atoms with Crippen LogP contribution in [0.25, 0.3) is 0 Å². The minimum Gasteiger partial charge on any atom is -0.383 e. The molecule has 0 spiro atoms. The Kier molecular flexibility index (Phi) is 3.53. The Bertz CT molecular complexity index is 316. The normalized spacial score (nSPS) is 11.5. The molecule has 78 valence electrons. The van der Waals surface area contributed by atoms with Gasteiger partial charge in [0.05, 0.1) is 11.4 Å². The number of hydrogen-bond acceptors (Lipinski definition) is 2. The number of rotatable bonds is 2. The summed E-state index contributed by atoms with van der Waals surface area (Å²) in [6.07, 6.45) is 0. The van der Waals surface area contributed by atoms with Crippen molar-refractivity contribution >= 4 is 21.6 Å². The lowest BCUT2D eigenvalue weighted by Crippen LogP contribution is -2.19. The van der Waals surface area contributed by atoms with Crippen molar-refractivity contribution in [3.63, 3.8) is 0 Å². The number of anilines is 1. The van der Waals surface area contributed by atoms with Gasteiger partial charge in [-0.15, -0.1) is 0 Å². The van der Waals surface area contributed by atoms with Crippen LogP contribution in [0.2, 0.25) is 0 Å². The maximum atomic E-state index is 4.33. The van der Waals surface area contributed by atoms with Crippen molar-refractivity contribution < 1.29 is 0 Å². The lowest BCUT2D eigenvalue weighted by molar-refractivity contribution is 0.443. The standard InChI is InChI=1S/C11H17BrN2/c1-8-9(5-6-10(12)14-8)13-7-11(2,3)4/h5-6,13H,7H2,1-4H3. The smallest absolute Gasteiger partial charge is 0.106 e. The maximum absolute atomic E-state index is 4.33. The van der Waals surface area contributed by atoms with E-state index in [1.807, 2.05) is 13.0 Å². The zero-order valence-corrected chi connectivity index (χ0v) is 10.8. The fourth-order valence-corrected chi connectivity index (χ4v) is 1.48. The number of aromatic nitrogens is 1. The SMILES string of the molecule is Cc1nc(Br)ccc1NCC(C)(C)C. The molecule has 0 aliphatic carbocycles. The third-order valence-electron chi connectivity index (χ3n) is 1.86. The summed E-state index contributed by atoms with van der Waals surface area (Å²) in [5.41, 5.74) is 2.44. The van der Waals surface area contributed by atoms with Gasteiger partial charge in [0.2, 0.25) is 0 Å². The van der Waals surface area contributed by atoms with Crippen molar-refractivity contribution in [1.29, 1.82) is 0 Å². The largest absolute Gasteiger partial charge is 0.383 e. The van der Waals surface area contributed by atoms with Gasteiger partial charge in [-0.2, -0.15) is 0 Å². The third-order valence-corrected chi connectivity index (χ3v) is 2.30. The van der Waals surface area contributed by atoms with Gasteiger partial charge < -0.3 is 5.32 Å². The fraction of sp³-hybridized carbons (Fsp3) is 0.545. The summed E-state index contributed by atoms with van der Waals surface area (Å²) in [7, 11) is 0. The molecule has 1 aromatic heterocycles. The summed E-state index contributed by atoms with van der Waals surface area (Å²) in [5, 5.41) is 3.40. The van der Waals surface area contributed by atoms with E-state index in [4.69, 9.17) is 0 Å². The van der Waals surface area contributed by atoms with Gasteiger partial charge in [-0.3, -0.25) is 0 Å². The second kappa shape index (κ2) is 4.30. The summed E-state index contributed by atoms with van der Waals surface area (Å²) < 4.78 is 0.885. The molecule has 14 heavy (non-hydrogen) atoms. The molecule has 1 aromatic rings. The summed E-state index contributed by atoms with van der Waals surface area (Å²) >= 11 is 3.35. The zero-order valence-electron chi connectivity index (χ0n) is 9.19. The third kappa shape index (κ3) is 3.66. The van der Waals surface area contributed by atoms with Gasteiger partial charge in [-0.05, 0) is 40.4 Å². The predicted octanol–water partition coefficient (Wildman–Crippen LogP) is 3.61. The molecule has 0 saturated carbocycles. The molecule has 0 amide bonds. The topological polar surface area (TPSA) is 24.9 Å². The van der Waals surface area contributed by atoms with Gasteiger partial charge in [-0.1, -0.05) is 20.8 Å². The van der Waals surface area contributed by atoms with Crippen LogP contribution < -0.4 is 5.32 Å². The monoisotopic (exact) mass is 256 g/mol. The molecule has 0 saturated heterocycles. The number of aryl methyl sites for hydroxylation is 1. The van der Waals surface area contributed by atoms with Crippen molar-refractivity contribution in [2.45, 2.75) is 27.7 Å². The number of nitrogens with one attached hydrogen (secondary N) is 1. The molecule has 0 bridgehead atoms. The van der Waals surface area contributed by atoms with Crippen molar-refractivity contribution in [1.82, 2.24) is 4.98 Å². The molecule has 1 N–H and O–H groups in total. The van der Waals surface area contributed by atoms with Crippen molar-refractivity contribution in [2.75, 3.05) is 11.9 Å². The van der Waals surface area contributed by atoms with E-state index >= 15 is 0 Å². The van der Waals surface area contributed by atoms with Crippen LogP contribution in [0.5, 0.6) is 0 Å². The van der Waals surface area contributed by atoms with Crippen LogP contribution in [-0.2, 0) is 0 Å². The minimum absolute atomic E-state index is 0.291. The van der Waals surface area contributed by atoms with E-state index in [0.717, 1.165) is 22.5 Å². The Hall–Kier alpha value is -0.570. The van der Waals surface area contributed by atoms with Gasteiger partial charge in [0.1, 0.15) is 4.60 Å². The van der Waals surface area contributed by atoms with E-state index in [2.05, 4.69) is 53.1 Å². The average molecular weight is 257 g/mol. The fourth-order valence-electron chi connectivity index (χ4n) is 1.08. The number of halogens is 1. The molecule has 0 fully saturated rings. The second-order valence-corrected chi connectivity index (χ2v) is 5.49. The predicted molar refractivity (Wildman–Crippen MR) is 64.6 cm³/mol. The highest BCUT2D eigenvalue weighted by atomic mass is 79.9. The van der Waals surface area contributed by atoms with Gasteiger partial charge in [0.25, 0.3) is 0 Å². The first-order valence-corrected chi connectivity index (χ1v) is 5.55. The van der Waals surface area contributed by atoms with Gasteiger partial charge in [0.15, 0.2) is 0 Å². The van der Waals surface area contributed by atoms with Crippen molar-refractivity contribution in [2.24, 2.45) is 5.41 Å². The summed E-state index contributed by atoms with van der Waals surface area (Å²) in [5.74, 6) is 0. The molecule has 2 nitrogen and oxygen atoms in total. The Labute approximate surface area is 94.3 Å². The Morgan fingerprint density at radius 1 is 1.36 bits per heavy atom. The second-order valence-electron chi connectivity index (χ2n) is 4.68. The molecular formula is C11H17BrN2. The van der Waals surface area contributed by atoms with Gasteiger partial charge in [-0.25, -0.2) is 4.98 Å². The van der Waals surface area contributed by atoms with E-state index in [0.29, 0.717) is 5.41 Å². The maximum Gasteiger partial charge on any atom is 0.106 e. The van der Waals surface area contributed by atoms with E-state index < -0.39 is 0 Å². The first-order chi connectivity index (χ1) is 6.38. The van der Waals surface area contributed by atoms with Gasteiger partial charge >= 0.3 is 0 Å². The van der Waals surface area contributed by atoms with E-state index in [-0.39, 0.29) is 0 Å². The van der Waals surface area contributed by atoms with Crippen LogP contribution in [0.3, 0.4) is 0 Å². The highest BCUT2D eigenvalue weighted by Crippen LogP contribution is 2.19. The van der Waals surface area contributed by atoms with Crippen LogP contribution in [0.1, 0.15) is 26.5 Å². The highest BCUT2D eigenvalue weighted by molar-refractivity contribution is 9.10. The molecule has 3 heteroatoms. The first-order valence-electron chi connectivity index (χ1n) is 4.75. The molecule has 0 aromatic carbocycles. The van der Waals surface area contributed by atoms with Crippen molar-refractivity contribution in [3.8, 4) is 0 Å². The number of nitrogens with zero attached hydrogens (tertiary/aromatic N) is 1. The Morgan fingerprint density at radius 3 is 2.50 bits per heavy atom.